The molecule has 0 unspecified atom stereocenters. The van der Waals surface area contributed by atoms with E-state index in [1.807, 2.05) is 12.1 Å². The molecule has 0 saturated carbocycles. The molecule has 2 heterocycles. The van der Waals surface area contributed by atoms with E-state index in [4.69, 9.17) is 16.3 Å². The molecule has 0 fully saturated rings. The zero-order valence-corrected chi connectivity index (χ0v) is 15.0. The maximum absolute atomic E-state index is 12.1. The van der Waals surface area contributed by atoms with Crippen molar-refractivity contribution < 1.29 is 9.53 Å². The number of carbonyl (C=O) groups excluding carboxylic acids is 1. The van der Waals surface area contributed by atoms with E-state index in [1.54, 1.807) is 23.5 Å². The largest absolute Gasteiger partial charge is 0.467 e. The van der Waals surface area contributed by atoms with Crippen molar-refractivity contribution in [3.63, 3.8) is 0 Å². The highest BCUT2D eigenvalue weighted by Gasteiger charge is 2.22. The van der Waals surface area contributed by atoms with Crippen LogP contribution in [0.25, 0.3) is 10.2 Å². The lowest BCUT2D eigenvalue weighted by Gasteiger charge is -2.08. The number of amides is 1. The molecule has 1 aliphatic carbocycles. The fourth-order valence-corrected chi connectivity index (χ4v) is 4.34. The molecule has 1 N–H and O–H groups in total. The fraction of sp³-hybridized carbons (Fsp3) is 0.278. The highest BCUT2D eigenvalue weighted by molar-refractivity contribution is 7.18. The molecule has 3 aromatic rings. The van der Waals surface area contributed by atoms with Gasteiger partial charge in [0.25, 0.3) is 5.91 Å². The second kappa shape index (κ2) is 6.98. The Labute approximate surface area is 154 Å². The van der Waals surface area contributed by atoms with Gasteiger partial charge in [0.15, 0.2) is 6.61 Å². The number of hydrogen-bond donors (Lipinski definition) is 1. The molecule has 2 aromatic heterocycles. The number of fused-ring (bicyclic) bond motifs is 3. The molecule has 0 bridgehead atoms. The van der Waals surface area contributed by atoms with E-state index in [0.29, 0.717) is 17.4 Å². The second-order valence-electron chi connectivity index (χ2n) is 5.91. The van der Waals surface area contributed by atoms with E-state index in [0.717, 1.165) is 35.0 Å². The summed E-state index contributed by atoms with van der Waals surface area (Å²) >= 11 is 7.55. The van der Waals surface area contributed by atoms with E-state index in [2.05, 4.69) is 15.3 Å². The first-order valence-electron chi connectivity index (χ1n) is 8.10. The summed E-state index contributed by atoms with van der Waals surface area (Å²) in [6.45, 7) is 0.372. The molecule has 1 aliphatic rings. The lowest BCUT2D eigenvalue weighted by Crippen LogP contribution is -2.28. The van der Waals surface area contributed by atoms with Crippen LogP contribution in [0.4, 0.5) is 0 Å². The maximum atomic E-state index is 12.1. The topological polar surface area (TPSA) is 64.1 Å². The number of aryl methyl sites for hydroxylation is 2. The van der Waals surface area contributed by atoms with Crippen LogP contribution in [0.1, 0.15) is 22.4 Å². The van der Waals surface area contributed by atoms with Gasteiger partial charge in [-0.1, -0.05) is 23.7 Å². The number of aromatic nitrogens is 2. The monoisotopic (exact) mass is 373 g/mol. The molecule has 0 spiro atoms. The van der Waals surface area contributed by atoms with Crippen LogP contribution in [-0.2, 0) is 24.2 Å². The van der Waals surface area contributed by atoms with E-state index < -0.39 is 0 Å². The quantitative estimate of drug-likeness (QED) is 0.743. The highest BCUT2D eigenvalue weighted by atomic mass is 35.5. The van der Waals surface area contributed by atoms with Crippen molar-refractivity contribution in [1.29, 1.82) is 0 Å². The van der Waals surface area contributed by atoms with Crippen LogP contribution >= 0.6 is 22.9 Å². The molecule has 7 heteroatoms. The Morgan fingerprint density at radius 3 is 2.92 bits per heavy atom. The Hall–Kier alpha value is -2.18. The number of ether oxygens (including phenoxy) is 1. The number of hydrogen-bond acceptors (Lipinski definition) is 5. The minimum absolute atomic E-state index is 0.0652. The number of carbonyl (C=O) groups is 1. The average Bonchev–Trinajstić information content (AvgIpc) is 3.20. The van der Waals surface area contributed by atoms with Crippen molar-refractivity contribution in [1.82, 2.24) is 15.3 Å². The van der Waals surface area contributed by atoms with E-state index in [-0.39, 0.29) is 12.5 Å². The molecule has 1 aromatic carbocycles. The van der Waals surface area contributed by atoms with Gasteiger partial charge in [-0.25, -0.2) is 9.97 Å². The van der Waals surface area contributed by atoms with Gasteiger partial charge in [-0.15, -0.1) is 11.3 Å². The number of nitrogens with one attached hydrogen (secondary N) is 1. The second-order valence-corrected chi connectivity index (χ2v) is 7.43. The lowest BCUT2D eigenvalue weighted by molar-refractivity contribution is -0.123. The molecule has 4 rings (SSSR count). The third-order valence-electron chi connectivity index (χ3n) is 4.21. The Kier molecular flexibility index (Phi) is 4.55. The van der Waals surface area contributed by atoms with Crippen LogP contribution < -0.4 is 10.1 Å². The van der Waals surface area contributed by atoms with Crippen molar-refractivity contribution in [2.24, 2.45) is 0 Å². The minimum atomic E-state index is -0.186. The van der Waals surface area contributed by atoms with Gasteiger partial charge in [0, 0.05) is 16.4 Å². The summed E-state index contributed by atoms with van der Waals surface area (Å²) in [5.41, 5.74) is 2.27. The number of benzene rings is 1. The van der Waals surface area contributed by atoms with Gasteiger partial charge in [-0.3, -0.25) is 4.79 Å². The zero-order chi connectivity index (χ0) is 17.2. The van der Waals surface area contributed by atoms with Crippen LogP contribution in [0, 0.1) is 0 Å². The number of thiophene rings is 1. The van der Waals surface area contributed by atoms with E-state index in [9.17, 15) is 4.79 Å². The van der Waals surface area contributed by atoms with Crippen LogP contribution in [-0.4, -0.2) is 22.5 Å². The smallest absolute Gasteiger partial charge is 0.258 e. The van der Waals surface area contributed by atoms with E-state index >= 15 is 0 Å². The third-order valence-corrected chi connectivity index (χ3v) is 5.66. The van der Waals surface area contributed by atoms with Crippen molar-refractivity contribution in [3.8, 4) is 5.88 Å². The van der Waals surface area contributed by atoms with E-state index in [1.165, 1.54) is 16.8 Å². The molecule has 0 radical (unpaired) electrons. The summed E-state index contributed by atoms with van der Waals surface area (Å²) in [5, 5.41) is 4.49. The summed E-state index contributed by atoms with van der Waals surface area (Å²) < 4.78 is 5.69. The molecule has 5 nitrogen and oxygen atoms in total. The Bertz CT molecular complexity index is 924. The summed E-state index contributed by atoms with van der Waals surface area (Å²) in [6.07, 6.45) is 4.78. The van der Waals surface area contributed by atoms with Gasteiger partial charge < -0.3 is 10.1 Å². The highest BCUT2D eigenvalue weighted by Crippen LogP contribution is 2.39. The first-order valence-corrected chi connectivity index (χ1v) is 9.29. The molecular formula is C18H16ClN3O2S. The number of nitrogens with zero attached hydrogens (tertiary/aromatic N) is 2. The van der Waals surface area contributed by atoms with Gasteiger partial charge in [-0.05, 0) is 42.5 Å². The first kappa shape index (κ1) is 16.3. The predicted molar refractivity (Wildman–Crippen MR) is 98.2 cm³/mol. The van der Waals surface area contributed by atoms with Gasteiger partial charge in [0.1, 0.15) is 11.2 Å². The van der Waals surface area contributed by atoms with Gasteiger partial charge in [0.2, 0.25) is 5.88 Å². The Balaban J connectivity index is 1.40. The summed E-state index contributed by atoms with van der Waals surface area (Å²) in [5.74, 6) is 0.319. The minimum Gasteiger partial charge on any atom is -0.467 e. The molecular weight excluding hydrogens is 358 g/mol. The predicted octanol–water partition coefficient (Wildman–Crippen LogP) is 3.53. The zero-order valence-electron chi connectivity index (χ0n) is 13.4. The van der Waals surface area contributed by atoms with Crippen molar-refractivity contribution in [3.05, 3.63) is 51.6 Å². The van der Waals surface area contributed by atoms with Crippen molar-refractivity contribution in [2.45, 2.75) is 25.8 Å². The summed E-state index contributed by atoms with van der Waals surface area (Å²) in [7, 11) is 0. The first-order chi connectivity index (χ1) is 12.2. The normalized spacial score (nSPS) is 13.0. The maximum Gasteiger partial charge on any atom is 0.258 e. The molecule has 0 atom stereocenters. The molecule has 0 saturated heterocycles. The van der Waals surface area contributed by atoms with Crippen LogP contribution in [0.5, 0.6) is 5.88 Å². The standard InChI is InChI=1S/C18H16ClN3O2S/c19-12-6-4-11(5-7-12)8-20-15(23)9-24-17-16-13-2-1-3-14(13)25-18(16)22-10-21-17/h4-7,10H,1-3,8-9H2,(H,20,23). The lowest BCUT2D eigenvalue weighted by atomic mass is 10.2. The SMILES string of the molecule is O=C(COc1ncnc2sc3c(c12)CCC3)NCc1ccc(Cl)cc1. The molecule has 0 aliphatic heterocycles. The molecule has 128 valence electrons. The summed E-state index contributed by atoms with van der Waals surface area (Å²) in [6, 6.07) is 7.36. The van der Waals surface area contributed by atoms with Gasteiger partial charge >= 0.3 is 0 Å². The molecule has 1 amide bonds. The van der Waals surface area contributed by atoms with Crippen molar-refractivity contribution in [2.75, 3.05) is 6.61 Å². The Morgan fingerprint density at radius 1 is 1.24 bits per heavy atom. The third kappa shape index (κ3) is 3.45. The summed E-state index contributed by atoms with van der Waals surface area (Å²) in [4.78, 5) is 22.9. The fourth-order valence-electron chi connectivity index (χ4n) is 3.00. The molecule has 25 heavy (non-hydrogen) atoms. The van der Waals surface area contributed by atoms with Crippen LogP contribution in [0.2, 0.25) is 5.02 Å². The van der Waals surface area contributed by atoms with Gasteiger partial charge in [-0.2, -0.15) is 0 Å². The number of rotatable bonds is 5. The van der Waals surface area contributed by atoms with Crippen LogP contribution in [0.15, 0.2) is 30.6 Å². The van der Waals surface area contributed by atoms with Gasteiger partial charge in [0.05, 0.1) is 5.39 Å². The number of halogens is 1. The van der Waals surface area contributed by atoms with Crippen LogP contribution in [0.3, 0.4) is 0 Å². The Morgan fingerprint density at radius 2 is 2.08 bits per heavy atom. The average molecular weight is 374 g/mol. The van der Waals surface area contributed by atoms with Crippen molar-refractivity contribution >= 4 is 39.1 Å².